The minimum atomic E-state index is -0.167. The van der Waals surface area contributed by atoms with Gasteiger partial charge in [-0.05, 0) is 31.4 Å². The van der Waals surface area contributed by atoms with Crippen molar-refractivity contribution in [3.8, 4) is 11.5 Å². The van der Waals surface area contributed by atoms with Crippen molar-refractivity contribution in [2.24, 2.45) is 5.92 Å². The van der Waals surface area contributed by atoms with Crippen LogP contribution in [0.4, 0.5) is 0 Å². The Labute approximate surface area is 100 Å². The van der Waals surface area contributed by atoms with Crippen LogP contribution in [0.3, 0.4) is 0 Å². The zero-order valence-electron chi connectivity index (χ0n) is 10.1. The number of nitrogens with zero attached hydrogens (tertiary/aromatic N) is 1. The van der Waals surface area contributed by atoms with Crippen LogP contribution in [0.5, 0.6) is 11.5 Å². The smallest absolute Gasteiger partial charge is 0.257 e. The van der Waals surface area contributed by atoms with Crippen molar-refractivity contribution < 1.29 is 15.0 Å². The third-order valence-corrected chi connectivity index (χ3v) is 3.26. The van der Waals surface area contributed by atoms with Crippen LogP contribution in [-0.2, 0) is 0 Å². The molecule has 1 saturated heterocycles. The van der Waals surface area contributed by atoms with E-state index in [4.69, 9.17) is 0 Å². The van der Waals surface area contributed by atoms with Gasteiger partial charge in [-0.1, -0.05) is 6.92 Å². The number of aromatic hydroxyl groups is 2. The lowest BCUT2D eigenvalue weighted by Gasteiger charge is -2.21. The van der Waals surface area contributed by atoms with Crippen molar-refractivity contribution in [1.29, 1.82) is 0 Å². The van der Waals surface area contributed by atoms with Gasteiger partial charge in [0.15, 0.2) is 0 Å². The van der Waals surface area contributed by atoms with Crippen molar-refractivity contribution in [3.63, 3.8) is 0 Å². The van der Waals surface area contributed by atoms with E-state index in [9.17, 15) is 15.0 Å². The van der Waals surface area contributed by atoms with Gasteiger partial charge in [0.1, 0.15) is 11.5 Å². The van der Waals surface area contributed by atoms with E-state index < -0.39 is 0 Å². The molecule has 1 amide bonds. The number of hydrogen-bond donors (Lipinski definition) is 2. The van der Waals surface area contributed by atoms with E-state index in [0.29, 0.717) is 5.92 Å². The predicted molar refractivity (Wildman–Crippen MR) is 64.1 cm³/mol. The average Bonchev–Trinajstić information content (AvgIpc) is 2.57. The molecule has 0 spiro atoms. The molecule has 1 aromatic carbocycles. The Balaban J connectivity index is 2.25. The highest BCUT2D eigenvalue weighted by Gasteiger charge is 2.31. The number of rotatable bonds is 1. The van der Waals surface area contributed by atoms with Crippen LogP contribution < -0.4 is 0 Å². The van der Waals surface area contributed by atoms with Crippen LogP contribution in [0, 0.1) is 5.92 Å². The van der Waals surface area contributed by atoms with Gasteiger partial charge >= 0.3 is 0 Å². The van der Waals surface area contributed by atoms with E-state index in [1.165, 1.54) is 18.2 Å². The molecule has 1 aliphatic heterocycles. The van der Waals surface area contributed by atoms with Crippen LogP contribution in [0.2, 0.25) is 0 Å². The van der Waals surface area contributed by atoms with Gasteiger partial charge in [0, 0.05) is 18.7 Å². The Hall–Kier alpha value is -1.71. The summed E-state index contributed by atoms with van der Waals surface area (Å²) in [6.45, 7) is 4.85. The fourth-order valence-corrected chi connectivity index (χ4v) is 2.44. The second-order valence-corrected chi connectivity index (χ2v) is 4.85. The van der Waals surface area contributed by atoms with Crippen molar-refractivity contribution in [2.45, 2.75) is 26.3 Å². The number of hydrogen-bond acceptors (Lipinski definition) is 3. The second kappa shape index (κ2) is 4.28. The molecule has 1 fully saturated rings. The van der Waals surface area contributed by atoms with Crippen LogP contribution in [0.15, 0.2) is 18.2 Å². The predicted octanol–water partition coefficient (Wildman–Crippen LogP) is 1.97. The lowest BCUT2D eigenvalue weighted by Crippen LogP contribution is -2.33. The molecule has 17 heavy (non-hydrogen) atoms. The number of benzene rings is 1. The lowest BCUT2D eigenvalue weighted by molar-refractivity contribution is 0.0740. The summed E-state index contributed by atoms with van der Waals surface area (Å²) < 4.78 is 0. The molecule has 4 nitrogen and oxygen atoms in total. The van der Waals surface area contributed by atoms with Gasteiger partial charge in [-0.25, -0.2) is 0 Å². The molecule has 0 aromatic heterocycles. The first-order valence-electron chi connectivity index (χ1n) is 5.82. The Morgan fingerprint density at radius 3 is 2.59 bits per heavy atom. The van der Waals surface area contributed by atoms with E-state index in [1.54, 1.807) is 4.90 Å². The largest absolute Gasteiger partial charge is 0.508 e. The van der Waals surface area contributed by atoms with Gasteiger partial charge in [0.25, 0.3) is 5.91 Å². The third kappa shape index (κ3) is 2.20. The van der Waals surface area contributed by atoms with E-state index in [0.717, 1.165) is 13.0 Å². The van der Waals surface area contributed by atoms with Crippen LogP contribution in [-0.4, -0.2) is 33.6 Å². The quantitative estimate of drug-likeness (QED) is 0.782. The first-order valence-corrected chi connectivity index (χ1v) is 5.82. The van der Waals surface area contributed by atoms with Gasteiger partial charge < -0.3 is 15.1 Å². The van der Waals surface area contributed by atoms with Crippen molar-refractivity contribution in [3.05, 3.63) is 23.8 Å². The molecule has 0 radical (unpaired) electrons. The van der Waals surface area contributed by atoms with Gasteiger partial charge in [-0.3, -0.25) is 4.79 Å². The molecule has 2 unspecified atom stereocenters. The minimum Gasteiger partial charge on any atom is -0.508 e. The Bertz CT molecular complexity index is 444. The first-order chi connectivity index (χ1) is 7.99. The summed E-state index contributed by atoms with van der Waals surface area (Å²) in [6, 6.07) is 4.27. The molecule has 0 bridgehead atoms. The Morgan fingerprint density at radius 2 is 2.06 bits per heavy atom. The zero-order chi connectivity index (χ0) is 12.6. The summed E-state index contributed by atoms with van der Waals surface area (Å²) in [4.78, 5) is 14.0. The van der Waals surface area contributed by atoms with Crippen molar-refractivity contribution >= 4 is 5.91 Å². The lowest BCUT2D eigenvalue weighted by atomic mass is 10.1. The molecule has 2 N–H and O–H groups in total. The topological polar surface area (TPSA) is 60.8 Å². The summed E-state index contributed by atoms with van der Waals surface area (Å²) in [6.07, 6.45) is 0.991. The molecule has 4 heteroatoms. The van der Waals surface area contributed by atoms with E-state index in [2.05, 4.69) is 6.92 Å². The Kier molecular flexibility index (Phi) is 2.96. The summed E-state index contributed by atoms with van der Waals surface area (Å²) in [5.74, 6) is 0.121. The summed E-state index contributed by atoms with van der Waals surface area (Å²) in [5, 5.41) is 18.9. The van der Waals surface area contributed by atoms with E-state index >= 15 is 0 Å². The maximum absolute atomic E-state index is 12.2. The average molecular weight is 235 g/mol. The maximum atomic E-state index is 12.2. The molecular weight excluding hydrogens is 218 g/mol. The fourth-order valence-electron chi connectivity index (χ4n) is 2.44. The second-order valence-electron chi connectivity index (χ2n) is 4.85. The Morgan fingerprint density at radius 1 is 1.35 bits per heavy atom. The molecule has 1 aromatic rings. The minimum absolute atomic E-state index is 0.0399. The highest BCUT2D eigenvalue weighted by Crippen LogP contribution is 2.28. The summed E-state index contributed by atoms with van der Waals surface area (Å²) in [7, 11) is 0. The fraction of sp³-hybridized carbons (Fsp3) is 0.462. The van der Waals surface area contributed by atoms with Gasteiger partial charge in [0.2, 0.25) is 0 Å². The number of carbonyl (C=O) groups is 1. The number of carbonyl (C=O) groups excluding carboxylic acids is 1. The zero-order valence-corrected chi connectivity index (χ0v) is 10.1. The molecule has 2 rings (SSSR count). The van der Waals surface area contributed by atoms with Crippen LogP contribution in [0.1, 0.15) is 30.6 Å². The highest BCUT2D eigenvalue weighted by atomic mass is 16.3. The van der Waals surface area contributed by atoms with Crippen LogP contribution >= 0.6 is 0 Å². The van der Waals surface area contributed by atoms with Crippen molar-refractivity contribution in [1.82, 2.24) is 4.90 Å². The molecule has 1 heterocycles. The van der Waals surface area contributed by atoms with Gasteiger partial charge in [-0.15, -0.1) is 0 Å². The molecule has 1 aliphatic rings. The molecule has 92 valence electrons. The number of amides is 1. The number of phenols is 2. The maximum Gasteiger partial charge on any atom is 0.257 e. The van der Waals surface area contributed by atoms with E-state index in [1.807, 2.05) is 6.92 Å². The number of phenolic OH excluding ortho intramolecular Hbond substituents is 2. The molecule has 2 atom stereocenters. The SMILES string of the molecule is CC1CC(C)N(C(=O)c2ccc(O)cc2O)C1. The summed E-state index contributed by atoms with van der Waals surface area (Å²) >= 11 is 0. The monoisotopic (exact) mass is 235 g/mol. The van der Waals surface area contributed by atoms with Gasteiger partial charge in [0.05, 0.1) is 5.56 Å². The molecule has 0 saturated carbocycles. The van der Waals surface area contributed by atoms with Crippen LogP contribution in [0.25, 0.3) is 0 Å². The normalized spacial score (nSPS) is 24.0. The van der Waals surface area contributed by atoms with Gasteiger partial charge in [-0.2, -0.15) is 0 Å². The number of likely N-dealkylation sites (tertiary alicyclic amines) is 1. The van der Waals surface area contributed by atoms with Crippen molar-refractivity contribution in [2.75, 3.05) is 6.54 Å². The third-order valence-electron chi connectivity index (χ3n) is 3.26. The first kappa shape index (κ1) is 11.8. The molecule has 0 aliphatic carbocycles. The standard InChI is InChI=1S/C13H17NO3/c1-8-5-9(2)14(7-8)13(17)11-4-3-10(15)6-12(11)16/h3-4,6,8-9,15-16H,5,7H2,1-2H3. The summed E-state index contributed by atoms with van der Waals surface area (Å²) in [5.41, 5.74) is 0.253. The van der Waals surface area contributed by atoms with E-state index in [-0.39, 0.29) is 29.0 Å². The molecular formula is C13H17NO3. The highest BCUT2D eigenvalue weighted by molar-refractivity contribution is 5.97.